The molecule has 2 aliphatic rings. The molecule has 144 valence electrons. The van der Waals surface area contributed by atoms with Crippen LogP contribution >= 0.6 is 0 Å². The van der Waals surface area contributed by atoms with E-state index in [0.717, 1.165) is 30.2 Å². The molecule has 8 heteroatoms. The second-order valence-corrected chi connectivity index (χ2v) is 9.49. The second-order valence-electron chi connectivity index (χ2n) is 7.37. The van der Waals surface area contributed by atoms with Gasteiger partial charge >= 0.3 is 0 Å². The highest BCUT2D eigenvalue weighted by Gasteiger charge is 2.38. The maximum absolute atomic E-state index is 12.9. The Morgan fingerprint density at radius 3 is 2.46 bits per heavy atom. The van der Waals surface area contributed by atoms with Crippen molar-refractivity contribution < 1.29 is 17.9 Å². The number of nitrogens with one attached hydrogen (secondary N) is 1. The third-order valence-electron chi connectivity index (χ3n) is 5.61. The minimum absolute atomic E-state index is 0.0179. The Morgan fingerprint density at radius 1 is 1.23 bits per heavy atom. The first kappa shape index (κ1) is 19.1. The number of hydrogen-bond acceptors (Lipinski definition) is 5. The van der Waals surface area contributed by atoms with Crippen LogP contribution in [-0.2, 0) is 10.0 Å². The average molecular weight is 381 g/mol. The van der Waals surface area contributed by atoms with E-state index in [1.165, 1.54) is 33.7 Å². The van der Waals surface area contributed by atoms with Crippen LogP contribution in [0.5, 0.6) is 5.75 Å². The van der Waals surface area contributed by atoms with Crippen molar-refractivity contribution in [3.8, 4) is 5.75 Å². The fourth-order valence-corrected chi connectivity index (χ4v) is 4.87. The Morgan fingerprint density at radius 2 is 1.92 bits per heavy atom. The van der Waals surface area contributed by atoms with Gasteiger partial charge < -0.3 is 15.0 Å². The van der Waals surface area contributed by atoms with E-state index in [1.807, 2.05) is 4.90 Å². The molecule has 0 unspecified atom stereocenters. The molecule has 0 aliphatic carbocycles. The molecule has 7 nitrogen and oxygen atoms in total. The molecule has 2 heterocycles. The lowest BCUT2D eigenvalue weighted by Gasteiger charge is -2.39. The number of carbonyl (C=O) groups is 1. The van der Waals surface area contributed by atoms with Crippen molar-refractivity contribution >= 4 is 15.9 Å². The van der Waals surface area contributed by atoms with Crippen molar-refractivity contribution in [2.75, 3.05) is 47.4 Å². The van der Waals surface area contributed by atoms with E-state index in [-0.39, 0.29) is 16.6 Å². The highest BCUT2D eigenvalue weighted by molar-refractivity contribution is 7.89. The molecule has 26 heavy (non-hydrogen) atoms. The fraction of sp³-hybridized carbons (Fsp3) is 0.611. The van der Waals surface area contributed by atoms with E-state index in [4.69, 9.17) is 4.74 Å². The van der Waals surface area contributed by atoms with Gasteiger partial charge in [0.15, 0.2) is 0 Å². The third-order valence-corrected chi connectivity index (χ3v) is 7.45. The molecule has 0 radical (unpaired) electrons. The molecule has 0 atom stereocenters. The van der Waals surface area contributed by atoms with Gasteiger partial charge in [-0.1, -0.05) is 0 Å². The quantitative estimate of drug-likeness (QED) is 0.847. The number of nitrogens with zero attached hydrogens (tertiary/aromatic N) is 2. The van der Waals surface area contributed by atoms with E-state index >= 15 is 0 Å². The lowest BCUT2D eigenvalue weighted by atomic mass is 9.78. The topological polar surface area (TPSA) is 79.0 Å². The number of likely N-dealkylation sites (tertiary alicyclic amines) is 1. The van der Waals surface area contributed by atoms with E-state index in [0.29, 0.717) is 24.1 Å². The van der Waals surface area contributed by atoms with E-state index in [2.05, 4.69) is 5.32 Å². The largest absolute Gasteiger partial charge is 0.495 e. The van der Waals surface area contributed by atoms with Crippen LogP contribution in [-0.4, -0.2) is 70.9 Å². The highest BCUT2D eigenvalue weighted by atomic mass is 32.2. The molecule has 1 spiro atoms. The molecule has 2 aliphatic heterocycles. The number of methoxy groups -OCH3 is 1. The van der Waals surface area contributed by atoms with Crippen LogP contribution in [0.4, 0.5) is 0 Å². The van der Waals surface area contributed by atoms with Crippen molar-refractivity contribution in [3.63, 3.8) is 0 Å². The number of hydrogen-bond donors (Lipinski definition) is 1. The zero-order valence-corrected chi connectivity index (χ0v) is 16.4. The summed E-state index contributed by atoms with van der Waals surface area (Å²) in [5.41, 5.74) is 0.711. The molecule has 1 aromatic rings. The Labute approximate surface area is 155 Å². The predicted octanol–water partition coefficient (Wildman–Crippen LogP) is 1.16. The Bertz CT molecular complexity index is 776. The summed E-state index contributed by atoms with van der Waals surface area (Å²) in [5, 5.41) is 3.42. The second kappa shape index (κ2) is 7.17. The maximum atomic E-state index is 12.9. The fourth-order valence-electron chi connectivity index (χ4n) is 3.80. The van der Waals surface area contributed by atoms with Crippen molar-refractivity contribution in [2.45, 2.75) is 24.2 Å². The maximum Gasteiger partial charge on any atom is 0.253 e. The summed E-state index contributed by atoms with van der Waals surface area (Å²) < 4.78 is 31.4. The monoisotopic (exact) mass is 381 g/mol. The van der Waals surface area contributed by atoms with Gasteiger partial charge in [0, 0.05) is 39.3 Å². The number of carbonyl (C=O) groups excluding carboxylic acids is 1. The van der Waals surface area contributed by atoms with Crippen molar-refractivity contribution in [3.05, 3.63) is 23.8 Å². The van der Waals surface area contributed by atoms with Gasteiger partial charge in [-0.3, -0.25) is 4.79 Å². The van der Waals surface area contributed by atoms with Gasteiger partial charge in [-0.25, -0.2) is 12.7 Å². The van der Waals surface area contributed by atoms with E-state index in [1.54, 1.807) is 12.1 Å². The molecule has 0 aromatic heterocycles. The SMILES string of the molecule is COc1ccc(C(=O)N2CCC3(CCNC3)CC2)cc1S(=O)(=O)N(C)C. The molecule has 3 rings (SSSR count). The van der Waals surface area contributed by atoms with Crippen molar-refractivity contribution in [1.29, 1.82) is 0 Å². The van der Waals surface area contributed by atoms with Crippen LogP contribution in [0.1, 0.15) is 29.6 Å². The molecule has 1 N–H and O–H groups in total. The van der Waals surface area contributed by atoms with Crippen molar-refractivity contribution in [2.24, 2.45) is 5.41 Å². The summed E-state index contributed by atoms with van der Waals surface area (Å²) in [6.45, 7) is 3.51. The number of piperidine rings is 1. The third kappa shape index (κ3) is 3.45. The lowest BCUT2D eigenvalue weighted by Crippen LogP contribution is -2.44. The summed E-state index contributed by atoms with van der Waals surface area (Å²) in [6, 6.07) is 4.62. The van der Waals surface area contributed by atoms with Crippen molar-refractivity contribution in [1.82, 2.24) is 14.5 Å². The molecule has 0 bridgehead atoms. The van der Waals surface area contributed by atoms with Gasteiger partial charge in [-0.05, 0) is 49.4 Å². The van der Waals surface area contributed by atoms with Gasteiger partial charge in [-0.2, -0.15) is 0 Å². The first-order valence-electron chi connectivity index (χ1n) is 8.90. The molecule has 1 aromatic carbocycles. The lowest BCUT2D eigenvalue weighted by molar-refractivity contribution is 0.0607. The predicted molar refractivity (Wildman–Crippen MR) is 98.9 cm³/mol. The number of sulfonamides is 1. The molecule has 1 amide bonds. The zero-order valence-electron chi connectivity index (χ0n) is 15.6. The summed E-state index contributed by atoms with van der Waals surface area (Å²) in [6.07, 6.45) is 3.15. The number of ether oxygens (including phenoxy) is 1. The summed E-state index contributed by atoms with van der Waals surface area (Å²) in [7, 11) is 0.649. The van der Waals surface area contributed by atoms with Crippen LogP contribution in [0.25, 0.3) is 0 Å². The Kier molecular flexibility index (Phi) is 5.28. The van der Waals surface area contributed by atoms with Crippen LogP contribution in [0.2, 0.25) is 0 Å². The molecular formula is C18H27N3O4S. The Hall–Kier alpha value is -1.64. The number of benzene rings is 1. The number of amides is 1. The first-order chi connectivity index (χ1) is 12.3. The smallest absolute Gasteiger partial charge is 0.253 e. The standard InChI is InChI=1S/C18H27N3O4S/c1-20(2)26(23,24)16-12-14(4-5-15(16)25-3)17(22)21-10-7-18(8-11-21)6-9-19-13-18/h4-5,12,19H,6-11,13H2,1-3H3. The summed E-state index contributed by atoms with van der Waals surface area (Å²) >= 11 is 0. The first-order valence-corrected chi connectivity index (χ1v) is 10.3. The van der Waals surface area contributed by atoms with Gasteiger partial charge in [0.1, 0.15) is 10.6 Å². The zero-order chi connectivity index (χ0) is 18.9. The van der Waals surface area contributed by atoms with Gasteiger partial charge in [-0.15, -0.1) is 0 Å². The van der Waals surface area contributed by atoms with Crippen LogP contribution in [0.15, 0.2) is 23.1 Å². The van der Waals surface area contributed by atoms with E-state index < -0.39 is 10.0 Å². The van der Waals surface area contributed by atoms with Gasteiger partial charge in [0.05, 0.1) is 7.11 Å². The normalized spacial score (nSPS) is 19.9. The summed E-state index contributed by atoms with van der Waals surface area (Å²) in [4.78, 5) is 14.8. The number of rotatable bonds is 4. The molecule has 0 saturated carbocycles. The molecular weight excluding hydrogens is 354 g/mol. The average Bonchev–Trinajstić information content (AvgIpc) is 3.09. The minimum atomic E-state index is -3.70. The Balaban J connectivity index is 1.82. The minimum Gasteiger partial charge on any atom is -0.495 e. The highest BCUT2D eigenvalue weighted by Crippen LogP contribution is 2.37. The van der Waals surface area contributed by atoms with Gasteiger partial charge in [0.25, 0.3) is 5.91 Å². The van der Waals surface area contributed by atoms with Crippen LogP contribution in [0, 0.1) is 5.41 Å². The summed E-state index contributed by atoms with van der Waals surface area (Å²) in [5.74, 6) is 0.119. The molecule has 2 saturated heterocycles. The van der Waals surface area contributed by atoms with Gasteiger partial charge in [0.2, 0.25) is 10.0 Å². The van der Waals surface area contributed by atoms with E-state index in [9.17, 15) is 13.2 Å². The van der Waals surface area contributed by atoms with Crippen LogP contribution < -0.4 is 10.1 Å². The molecule has 2 fully saturated rings. The van der Waals surface area contributed by atoms with Crippen LogP contribution in [0.3, 0.4) is 0 Å².